The number of amides is 1. The first-order valence-corrected chi connectivity index (χ1v) is 5.16. The summed E-state index contributed by atoms with van der Waals surface area (Å²) in [7, 11) is 0. The lowest BCUT2D eigenvalue weighted by atomic mass is 9.82. The number of aliphatic hydroxyl groups excluding tert-OH is 1. The first-order chi connectivity index (χ1) is 7.25. The molecule has 2 aliphatic rings. The summed E-state index contributed by atoms with van der Waals surface area (Å²) < 4.78 is 10.1. The predicted molar refractivity (Wildman–Crippen MR) is 51.7 cm³/mol. The third-order valence-electron chi connectivity index (χ3n) is 2.64. The summed E-state index contributed by atoms with van der Waals surface area (Å²) in [6.45, 7) is 1.50. The van der Waals surface area contributed by atoms with Gasteiger partial charge in [-0.05, 0) is 18.8 Å². The molecule has 0 aromatic rings. The van der Waals surface area contributed by atoms with Crippen LogP contribution in [-0.2, 0) is 14.3 Å². The molecule has 0 radical (unpaired) electrons. The second kappa shape index (κ2) is 4.53. The standard InChI is InChI=1S/C10H15NO4/c12-8-3-7(4-8)5-11-10(13)9-6-14-1-2-15-9/h6-8,12H,1-5H2,(H,11,13). The molecular formula is C10H15NO4. The lowest BCUT2D eigenvalue weighted by molar-refractivity contribution is -0.122. The molecule has 0 bridgehead atoms. The van der Waals surface area contributed by atoms with E-state index in [1.165, 1.54) is 6.26 Å². The lowest BCUT2D eigenvalue weighted by Crippen LogP contribution is -2.39. The third-order valence-corrected chi connectivity index (χ3v) is 2.64. The average Bonchev–Trinajstić information content (AvgIpc) is 2.23. The van der Waals surface area contributed by atoms with Crippen LogP contribution in [0.1, 0.15) is 12.8 Å². The molecule has 84 valence electrons. The molecule has 1 aliphatic carbocycles. The second-order valence-corrected chi connectivity index (χ2v) is 3.90. The summed E-state index contributed by atoms with van der Waals surface area (Å²) in [6.07, 6.45) is 2.71. The molecule has 0 saturated heterocycles. The van der Waals surface area contributed by atoms with E-state index in [9.17, 15) is 4.79 Å². The van der Waals surface area contributed by atoms with Gasteiger partial charge >= 0.3 is 0 Å². The van der Waals surface area contributed by atoms with Crippen LogP contribution in [0.2, 0.25) is 0 Å². The fourth-order valence-electron chi connectivity index (χ4n) is 1.68. The zero-order valence-corrected chi connectivity index (χ0v) is 8.44. The summed E-state index contributed by atoms with van der Waals surface area (Å²) in [5, 5.41) is 11.8. The smallest absolute Gasteiger partial charge is 0.289 e. The van der Waals surface area contributed by atoms with Gasteiger partial charge in [-0.15, -0.1) is 0 Å². The molecule has 1 amide bonds. The third kappa shape index (κ3) is 2.62. The molecule has 5 nitrogen and oxygen atoms in total. The van der Waals surface area contributed by atoms with Crippen LogP contribution in [0, 0.1) is 5.92 Å². The molecule has 0 aromatic heterocycles. The van der Waals surface area contributed by atoms with E-state index < -0.39 is 0 Å². The molecule has 1 fully saturated rings. The van der Waals surface area contributed by atoms with Crippen LogP contribution in [0.4, 0.5) is 0 Å². The van der Waals surface area contributed by atoms with Crippen molar-refractivity contribution in [1.82, 2.24) is 5.32 Å². The van der Waals surface area contributed by atoms with Crippen molar-refractivity contribution >= 4 is 5.91 Å². The van der Waals surface area contributed by atoms with Crippen molar-refractivity contribution in [2.24, 2.45) is 5.92 Å². The second-order valence-electron chi connectivity index (χ2n) is 3.90. The summed E-state index contributed by atoms with van der Waals surface area (Å²) in [5.41, 5.74) is 0. The van der Waals surface area contributed by atoms with Crippen molar-refractivity contribution in [3.8, 4) is 0 Å². The highest BCUT2D eigenvalue weighted by atomic mass is 16.6. The number of carbonyl (C=O) groups excluding carboxylic acids is 1. The van der Waals surface area contributed by atoms with Crippen molar-refractivity contribution in [1.29, 1.82) is 0 Å². The topological polar surface area (TPSA) is 67.8 Å². The molecule has 0 atom stereocenters. The Labute approximate surface area is 88.1 Å². The zero-order valence-electron chi connectivity index (χ0n) is 8.44. The molecular weight excluding hydrogens is 198 g/mol. The van der Waals surface area contributed by atoms with Gasteiger partial charge in [0.15, 0.2) is 0 Å². The van der Waals surface area contributed by atoms with Crippen molar-refractivity contribution in [2.45, 2.75) is 18.9 Å². The van der Waals surface area contributed by atoms with Crippen LogP contribution in [-0.4, -0.2) is 36.9 Å². The quantitative estimate of drug-likeness (QED) is 0.679. The molecule has 1 heterocycles. The first kappa shape index (κ1) is 10.3. The molecule has 0 unspecified atom stereocenters. The van der Waals surface area contributed by atoms with Crippen molar-refractivity contribution in [3.63, 3.8) is 0 Å². The van der Waals surface area contributed by atoms with E-state index in [1.807, 2.05) is 0 Å². The monoisotopic (exact) mass is 213 g/mol. The fourth-order valence-corrected chi connectivity index (χ4v) is 1.68. The van der Waals surface area contributed by atoms with Gasteiger partial charge in [-0.25, -0.2) is 0 Å². The van der Waals surface area contributed by atoms with E-state index in [0.717, 1.165) is 12.8 Å². The number of hydrogen-bond donors (Lipinski definition) is 2. The largest absolute Gasteiger partial charge is 0.494 e. The van der Waals surface area contributed by atoms with E-state index in [1.54, 1.807) is 0 Å². The van der Waals surface area contributed by atoms with Crippen molar-refractivity contribution in [2.75, 3.05) is 19.8 Å². The Hall–Kier alpha value is -1.23. The van der Waals surface area contributed by atoms with Gasteiger partial charge in [0.2, 0.25) is 5.76 Å². The Bertz CT molecular complexity index is 271. The van der Waals surface area contributed by atoms with E-state index >= 15 is 0 Å². The highest BCUT2D eigenvalue weighted by Crippen LogP contribution is 2.26. The highest BCUT2D eigenvalue weighted by Gasteiger charge is 2.27. The molecule has 1 saturated carbocycles. The van der Waals surface area contributed by atoms with Crippen LogP contribution in [0.5, 0.6) is 0 Å². The molecule has 5 heteroatoms. The summed E-state index contributed by atoms with van der Waals surface area (Å²) in [5.74, 6) is 0.395. The Balaban J connectivity index is 1.70. The van der Waals surface area contributed by atoms with E-state index in [2.05, 4.69) is 5.32 Å². The van der Waals surface area contributed by atoms with Crippen LogP contribution < -0.4 is 5.32 Å². The lowest BCUT2D eigenvalue weighted by Gasteiger charge is -2.31. The normalized spacial score (nSPS) is 29.3. The molecule has 15 heavy (non-hydrogen) atoms. The SMILES string of the molecule is O=C(NCC1CC(O)C1)C1=COCCO1. The number of carbonyl (C=O) groups is 1. The Morgan fingerprint density at radius 3 is 2.93 bits per heavy atom. The average molecular weight is 213 g/mol. The number of nitrogens with one attached hydrogen (secondary N) is 1. The number of ether oxygens (including phenoxy) is 2. The van der Waals surface area contributed by atoms with E-state index in [-0.39, 0.29) is 17.8 Å². The molecule has 1 aliphatic heterocycles. The maximum Gasteiger partial charge on any atom is 0.289 e. The Morgan fingerprint density at radius 1 is 1.53 bits per heavy atom. The minimum Gasteiger partial charge on any atom is -0.494 e. The highest BCUT2D eigenvalue weighted by molar-refractivity contribution is 5.91. The minimum absolute atomic E-state index is 0.180. The number of hydrogen-bond acceptors (Lipinski definition) is 4. The van der Waals surface area contributed by atoms with Crippen molar-refractivity contribution < 1.29 is 19.4 Å². The maximum absolute atomic E-state index is 11.5. The molecule has 0 spiro atoms. The van der Waals surface area contributed by atoms with Gasteiger partial charge in [-0.1, -0.05) is 0 Å². The minimum atomic E-state index is -0.240. The summed E-state index contributed by atoms with van der Waals surface area (Å²) in [6, 6.07) is 0. The zero-order chi connectivity index (χ0) is 10.7. The van der Waals surface area contributed by atoms with Gasteiger partial charge in [0.1, 0.15) is 19.5 Å². The van der Waals surface area contributed by atoms with E-state index in [0.29, 0.717) is 25.7 Å². The fraction of sp³-hybridized carbons (Fsp3) is 0.700. The predicted octanol–water partition coefficient (Wildman–Crippen LogP) is -0.238. The van der Waals surface area contributed by atoms with Gasteiger partial charge in [-0.3, -0.25) is 4.79 Å². The van der Waals surface area contributed by atoms with Crippen LogP contribution >= 0.6 is 0 Å². The van der Waals surface area contributed by atoms with Gasteiger partial charge in [0, 0.05) is 6.54 Å². The molecule has 2 rings (SSSR count). The maximum atomic E-state index is 11.5. The summed E-state index contributed by atoms with van der Waals surface area (Å²) in [4.78, 5) is 11.5. The number of aliphatic hydroxyl groups is 1. The Kier molecular flexibility index (Phi) is 3.11. The van der Waals surface area contributed by atoms with Gasteiger partial charge in [0.25, 0.3) is 5.91 Å². The van der Waals surface area contributed by atoms with Crippen LogP contribution in [0.3, 0.4) is 0 Å². The summed E-state index contributed by atoms with van der Waals surface area (Å²) >= 11 is 0. The van der Waals surface area contributed by atoms with Gasteiger partial charge in [0.05, 0.1) is 6.10 Å². The molecule has 0 aromatic carbocycles. The van der Waals surface area contributed by atoms with Crippen molar-refractivity contribution in [3.05, 3.63) is 12.0 Å². The van der Waals surface area contributed by atoms with Gasteiger partial charge in [-0.2, -0.15) is 0 Å². The number of rotatable bonds is 3. The van der Waals surface area contributed by atoms with E-state index in [4.69, 9.17) is 14.6 Å². The van der Waals surface area contributed by atoms with Gasteiger partial charge < -0.3 is 19.9 Å². The molecule has 2 N–H and O–H groups in total. The van der Waals surface area contributed by atoms with Crippen LogP contribution in [0.15, 0.2) is 12.0 Å². The Morgan fingerprint density at radius 2 is 2.33 bits per heavy atom. The first-order valence-electron chi connectivity index (χ1n) is 5.16. The van der Waals surface area contributed by atoms with Crippen LogP contribution in [0.25, 0.3) is 0 Å².